The van der Waals surface area contributed by atoms with Crippen molar-refractivity contribution < 1.29 is 43.3 Å². The van der Waals surface area contributed by atoms with Crippen molar-refractivity contribution in [2.75, 3.05) is 26.4 Å². The summed E-state index contributed by atoms with van der Waals surface area (Å²) >= 11 is 0. The van der Waals surface area contributed by atoms with E-state index in [1.165, 1.54) is 6.08 Å². The second-order valence-electron chi connectivity index (χ2n) is 12.8. The Balaban J connectivity index is 0.969. The average Bonchev–Trinajstić information content (AvgIpc) is 3.72. The number of unbranched alkanes of at least 4 members (excludes halogenated alkanes) is 3. The van der Waals surface area contributed by atoms with Crippen molar-refractivity contribution in [2.45, 2.75) is 78.0 Å². The number of hydrogen-bond donors (Lipinski definition) is 0. The van der Waals surface area contributed by atoms with Gasteiger partial charge in [-0.15, -0.1) is 0 Å². The van der Waals surface area contributed by atoms with E-state index in [4.69, 9.17) is 38.5 Å². The standard InChI is InChI=1S/C40H48N2O9/c1-5-37(43)45-19-9-7-6-8-18-44-35-16-14-33(15-17-35)26-49-51-38-28(2)20-34(21-29(38)3)23-42-41-22-31-10-12-32(13-11-31)25-48-50-36-27-47-39-30(4)24-46-40(36)39/h5,10-17,20-23,30,36,39-40H,1,6-9,18-19,24-27H2,2-4H3/b41-22+,42-23+/t30-,36+,39?,40?/m0/s1. The lowest BCUT2D eigenvalue weighted by Gasteiger charge is -2.15. The zero-order valence-corrected chi connectivity index (χ0v) is 29.7. The number of fused-ring (bicyclic) bond motifs is 1. The number of hydrogen-bond acceptors (Lipinski definition) is 11. The van der Waals surface area contributed by atoms with Crippen molar-refractivity contribution in [1.29, 1.82) is 0 Å². The van der Waals surface area contributed by atoms with Crippen LogP contribution in [0.25, 0.3) is 0 Å². The molecule has 0 aromatic heterocycles. The summed E-state index contributed by atoms with van der Waals surface area (Å²) in [6.45, 7) is 12.3. The number of benzene rings is 3. The molecule has 0 saturated carbocycles. The monoisotopic (exact) mass is 700 g/mol. The van der Waals surface area contributed by atoms with Gasteiger partial charge in [0.2, 0.25) is 0 Å². The molecule has 2 aliphatic heterocycles. The highest BCUT2D eigenvalue weighted by atomic mass is 17.2. The predicted molar refractivity (Wildman–Crippen MR) is 193 cm³/mol. The first-order valence-electron chi connectivity index (χ1n) is 17.5. The molecule has 2 saturated heterocycles. The van der Waals surface area contributed by atoms with Crippen LogP contribution in [-0.2, 0) is 46.9 Å². The van der Waals surface area contributed by atoms with Crippen molar-refractivity contribution in [3.05, 3.63) is 107 Å². The first-order valence-corrected chi connectivity index (χ1v) is 17.5. The van der Waals surface area contributed by atoms with Crippen LogP contribution in [0.15, 0.2) is 83.5 Å². The molecule has 0 bridgehead atoms. The van der Waals surface area contributed by atoms with Crippen LogP contribution >= 0.6 is 0 Å². The van der Waals surface area contributed by atoms with Crippen molar-refractivity contribution in [1.82, 2.24) is 0 Å². The van der Waals surface area contributed by atoms with Gasteiger partial charge in [0, 0.05) is 12.0 Å². The molecule has 0 radical (unpaired) electrons. The summed E-state index contributed by atoms with van der Waals surface area (Å²) in [5.74, 6) is 1.48. The van der Waals surface area contributed by atoms with Crippen molar-refractivity contribution in [2.24, 2.45) is 16.1 Å². The number of aryl methyl sites for hydroxylation is 2. The highest BCUT2D eigenvalue weighted by Gasteiger charge is 2.47. The molecule has 3 aromatic rings. The number of esters is 1. The van der Waals surface area contributed by atoms with Gasteiger partial charge in [-0.3, -0.25) is 0 Å². The molecule has 0 amide bonds. The Labute approximate surface area is 300 Å². The minimum Gasteiger partial charge on any atom is -0.494 e. The summed E-state index contributed by atoms with van der Waals surface area (Å²) in [6.07, 6.45) is 8.18. The first-order chi connectivity index (χ1) is 24.9. The summed E-state index contributed by atoms with van der Waals surface area (Å²) in [5, 5.41) is 8.44. The zero-order chi connectivity index (χ0) is 35.8. The van der Waals surface area contributed by atoms with Crippen LogP contribution in [0.5, 0.6) is 11.5 Å². The van der Waals surface area contributed by atoms with Crippen LogP contribution in [0.1, 0.15) is 66.0 Å². The molecule has 11 nitrogen and oxygen atoms in total. The fourth-order valence-corrected chi connectivity index (χ4v) is 5.83. The van der Waals surface area contributed by atoms with Crippen LogP contribution in [0.4, 0.5) is 0 Å². The van der Waals surface area contributed by atoms with Gasteiger partial charge in [-0.25, -0.2) is 14.6 Å². The van der Waals surface area contributed by atoms with E-state index < -0.39 is 0 Å². The van der Waals surface area contributed by atoms with E-state index in [2.05, 4.69) is 23.7 Å². The van der Waals surface area contributed by atoms with Crippen molar-refractivity contribution >= 4 is 18.4 Å². The van der Waals surface area contributed by atoms with E-state index in [0.717, 1.165) is 64.8 Å². The van der Waals surface area contributed by atoms with Gasteiger partial charge in [-0.05, 0) is 97.2 Å². The molecule has 3 aromatic carbocycles. The van der Waals surface area contributed by atoms with Gasteiger partial charge in [0.1, 0.15) is 31.2 Å². The van der Waals surface area contributed by atoms with E-state index in [-0.39, 0.29) is 24.3 Å². The third kappa shape index (κ3) is 11.8. The van der Waals surface area contributed by atoms with Gasteiger partial charge >= 0.3 is 5.97 Å². The molecule has 0 N–H and O–H groups in total. The molecule has 0 aliphatic carbocycles. The predicted octanol–water partition coefficient (Wildman–Crippen LogP) is 7.19. The summed E-state index contributed by atoms with van der Waals surface area (Å²) in [6, 6.07) is 19.6. The fourth-order valence-electron chi connectivity index (χ4n) is 5.83. The molecule has 2 unspecified atom stereocenters. The van der Waals surface area contributed by atoms with Crippen LogP contribution in [-0.4, -0.2) is 63.1 Å². The molecular weight excluding hydrogens is 652 g/mol. The first kappa shape index (κ1) is 37.9. The molecule has 4 atom stereocenters. The van der Waals surface area contributed by atoms with Gasteiger partial charge in [0.15, 0.2) is 5.75 Å². The second-order valence-corrected chi connectivity index (χ2v) is 12.8. The smallest absolute Gasteiger partial charge is 0.330 e. The molecule has 2 fully saturated rings. The molecule has 2 aliphatic rings. The van der Waals surface area contributed by atoms with E-state index in [1.807, 2.05) is 74.5 Å². The highest BCUT2D eigenvalue weighted by molar-refractivity contribution is 5.83. The van der Waals surface area contributed by atoms with E-state index in [1.54, 1.807) is 12.4 Å². The van der Waals surface area contributed by atoms with Gasteiger partial charge in [-0.1, -0.05) is 49.9 Å². The Bertz CT molecular complexity index is 1580. The number of carbonyl (C=O) groups excluding carboxylic acids is 1. The number of nitrogens with zero attached hydrogens (tertiary/aromatic N) is 2. The lowest BCUT2D eigenvalue weighted by Crippen LogP contribution is -2.31. The van der Waals surface area contributed by atoms with Gasteiger partial charge < -0.3 is 23.8 Å². The fraction of sp³-hybridized carbons (Fsp3) is 0.425. The van der Waals surface area contributed by atoms with E-state index >= 15 is 0 Å². The maximum atomic E-state index is 11.0. The topological polar surface area (TPSA) is 116 Å². The molecule has 51 heavy (non-hydrogen) atoms. The summed E-state index contributed by atoms with van der Waals surface area (Å²) in [4.78, 5) is 33.4. The van der Waals surface area contributed by atoms with Gasteiger partial charge in [0.25, 0.3) is 0 Å². The number of rotatable bonds is 20. The Hall–Kier alpha value is -4.39. The van der Waals surface area contributed by atoms with Gasteiger partial charge in [0.05, 0.1) is 45.0 Å². The Morgan fingerprint density at radius 2 is 1.43 bits per heavy atom. The number of carbonyl (C=O) groups is 1. The van der Waals surface area contributed by atoms with Crippen LogP contribution in [0.3, 0.4) is 0 Å². The lowest BCUT2D eigenvalue weighted by molar-refractivity contribution is -0.341. The maximum absolute atomic E-state index is 11.0. The quantitative estimate of drug-likeness (QED) is 0.0302. The Morgan fingerprint density at radius 3 is 2.14 bits per heavy atom. The normalized spacial score (nSPS) is 19.8. The molecular formula is C40H48N2O9. The maximum Gasteiger partial charge on any atom is 0.330 e. The minimum absolute atomic E-state index is 0.0577. The summed E-state index contributed by atoms with van der Waals surface area (Å²) < 4.78 is 22.4. The molecule has 11 heteroatoms. The third-order valence-corrected chi connectivity index (χ3v) is 8.63. The van der Waals surface area contributed by atoms with E-state index in [0.29, 0.717) is 51.3 Å². The largest absolute Gasteiger partial charge is 0.494 e. The second kappa shape index (κ2) is 19.9. The van der Waals surface area contributed by atoms with Gasteiger partial charge in [-0.2, -0.15) is 15.1 Å². The zero-order valence-electron chi connectivity index (χ0n) is 29.7. The average molecular weight is 701 g/mol. The summed E-state index contributed by atoms with van der Waals surface area (Å²) in [5.41, 5.74) is 5.62. The number of ether oxygens (including phenoxy) is 4. The van der Waals surface area contributed by atoms with Crippen LogP contribution in [0.2, 0.25) is 0 Å². The lowest BCUT2D eigenvalue weighted by atomic mass is 10.0. The van der Waals surface area contributed by atoms with Crippen molar-refractivity contribution in [3.63, 3.8) is 0 Å². The van der Waals surface area contributed by atoms with Crippen molar-refractivity contribution in [3.8, 4) is 11.5 Å². The molecule has 272 valence electrons. The third-order valence-electron chi connectivity index (χ3n) is 8.63. The SMILES string of the molecule is C=CC(=O)OCCCCCCOc1ccc(COOc2c(C)cc(/C=N/N=C/c3ccc(COO[C@@H]4COC5C4OC[C@@H]5C)cc3)cc2C)cc1. The Morgan fingerprint density at radius 1 is 0.804 bits per heavy atom. The Kier molecular flexibility index (Phi) is 14.7. The summed E-state index contributed by atoms with van der Waals surface area (Å²) in [7, 11) is 0. The molecule has 0 spiro atoms. The molecule has 5 rings (SSSR count). The minimum atomic E-state index is -0.375. The van der Waals surface area contributed by atoms with E-state index in [9.17, 15) is 4.79 Å². The molecule has 2 heterocycles. The van der Waals surface area contributed by atoms with Crippen LogP contribution < -0.4 is 9.62 Å². The van der Waals surface area contributed by atoms with Crippen LogP contribution in [0, 0.1) is 19.8 Å². The highest BCUT2D eigenvalue weighted by Crippen LogP contribution is 2.32.